The summed E-state index contributed by atoms with van der Waals surface area (Å²) in [6.07, 6.45) is 7.85. The third kappa shape index (κ3) is 11.2. The van der Waals surface area contributed by atoms with E-state index in [4.69, 9.17) is 14.9 Å². The van der Waals surface area contributed by atoms with Crippen LogP contribution in [0.5, 0.6) is 0 Å². The van der Waals surface area contributed by atoms with Crippen LogP contribution in [0.15, 0.2) is 48.6 Å². The van der Waals surface area contributed by atoms with Gasteiger partial charge in [0, 0.05) is 29.2 Å². The van der Waals surface area contributed by atoms with Crippen molar-refractivity contribution in [2.24, 2.45) is 11.8 Å². The Bertz CT molecular complexity index is 1320. The average molecular weight is 651 g/mol. The average Bonchev–Trinajstić information content (AvgIpc) is 3.08. The lowest BCUT2D eigenvalue weighted by atomic mass is 9.76. The highest BCUT2D eigenvalue weighted by molar-refractivity contribution is 5.87. The van der Waals surface area contributed by atoms with Crippen LogP contribution >= 0.6 is 0 Å². The molecule has 2 aromatic carbocycles. The summed E-state index contributed by atoms with van der Waals surface area (Å²) in [5.74, 6) is -5.10. The molecule has 2 aromatic rings. The van der Waals surface area contributed by atoms with Crippen molar-refractivity contribution in [1.82, 2.24) is 0 Å². The maximum atomic E-state index is 15.2. The minimum atomic E-state index is -1.17. The number of aldehydes is 1. The van der Waals surface area contributed by atoms with Gasteiger partial charge in [0.1, 0.15) is 6.29 Å². The molecule has 1 unspecified atom stereocenters. The predicted molar refractivity (Wildman–Crippen MR) is 169 cm³/mol. The molecule has 0 aromatic heterocycles. The summed E-state index contributed by atoms with van der Waals surface area (Å²) in [5, 5.41) is 26.6. The summed E-state index contributed by atoms with van der Waals surface area (Å²) in [4.78, 5) is 21.1. The number of hydrogen-bond donors (Lipinski definition) is 3. The molecule has 1 saturated carbocycles. The molecule has 0 amide bonds. The molecule has 10 heteroatoms. The minimum Gasteiger partial charge on any atom is -0.462 e. The number of rotatable bonds is 16. The van der Waals surface area contributed by atoms with Gasteiger partial charge in [-0.2, -0.15) is 0 Å². The number of aryl methyl sites for hydroxylation is 1. The van der Waals surface area contributed by atoms with E-state index in [2.05, 4.69) is 13.2 Å². The van der Waals surface area contributed by atoms with Crippen molar-refractivity contribution >= 4 is 12.3 Å². The summed E-state index contributed by atoms with van der Waals surface area (Å²) >= 11 is 0. The molecule has 3 N–H and O–H groups in total. The number of unbranched alkanes of at least 4 members (excludes halogenated alkanes) is 2. The molecule has 0 spiro atoms. The van der Waals surface area contributed by atoms with Crippen LogP contribution < -0.4 is 0 Å². The monoisotopic (exact) mass is 650 g/mol. The van der Waals surface area contributed by atoms with Crippen LogP contribution in [-0.4, -0.2) is 54.0 Å². The van der Waals surface area contributed by atoms with Gasteiger partial charge >= 0.3 is 5.97 Å². The second-order valence-electron chi connectivity index (χ2n) is 11.8. The van der Waals surface area contributed by atoms with Gasteiger partial charge in [-0.25, -0.2) is 22.4 Å². The Kier molecular flexibility index (Phi) is 16.9. The Balaban J connectivity index is 0.00000112. The van der Waals surface area contributed by atoms with Crippen molar-refractivity contribution in [3.8, 4) is 11.1 Å². The summed E-state index contributed by atoms with van der Waals surface area (Å²) < 4.78 is 64.9. The van der Waals surface area contributed by atoms with Crippen LogP contribution in [0.3, 0.4) is 0 Å². The quantitative estimate of drug-likeness (QED) is 0.0587. The van der Waals surface area contributed by atoms with Crippen LogP contribution in [0.4, 0.5) is 17.6 Å². The second kappa shape index (κ2) is 20.0. The van der Waals surface area contributed by atoms with Crippen molar-refractivity contribution in [3.05, 3.63) is 83.0 Å². The number of carbonyl (C=O) groups excluding carboxylic acids is 2. The molecule has 0 bridgehead atoms. The maximum Gasteiger partial charge on any atom is 0.335 e. The van der Waals surface area contributed by atoms with Crippen molar-refractivity contribution in [1.29, 1.82) is 0 Å². The van der Waals surface area contributed by atoms with Crippen molar-refractivity contribution in [2.45, 2.75) is 77.0 Å². The molecule has 0 aliphatic heterocycles. The Morgan fingerprint density at radius 3 is 2.09 bits per heavy atom. The Morgan fingerprint density at radius 2 is 1.54 bits per heavy atom. The fraction of sp³-hybridized carbons (Fsp3) is 0.500. The molecule has 1 aliphatic rings. The first-order valence-electron chi connectivity index (χ1n) is 15.8. The number of aliphatic hydroxyl groups excluding tert-OH is 3. The lowest BCUT2D eigenvalue weighted by Gasteiger charge is -2.30. The molecule has 3 rings (SSSR count). The highest BCUT2D eigenvalue weighted by Crippen LogP contribution is 2.41. The number of hydrogen-bond acceptors (Lipinski definition) is 6. The van der Waals surface area contributed by atoms with Gasteiger partial charge in [0.25, 0.3) is 0 Å². The molecule has 1 aliphatic carbocycles. The lowest BCUT2D eigenvalue weighted by Crippen LogP contribution is -2.21. The van der Waals surface area contributed by atoms with E-state index in [1.165, 1.54) is 24.3 Å². The van der Waals surface area contributed by atoms with Gasteiger partial charge in [-0.05, 0) is 74.3 Å². The van der Waals surface area contributed by atoms with E-state index >= 15 is 8.78 Å². The summed E-state index contributed by atoms with van der Waals surface area (Å²) in [6.45, 7) is 7.78. The van der Waals surface area contributed by atoms with Gasteiger partial charge in [-0.3, -0.25) is 4.79 Å². The zero-order valence-corrected chi connectivity index (χ0v) is 26.5. The Labute approximate surface area is 268 Å². The third-order valence-corrected chi connectivity index (χ3v) is 8.44. The van der Waals surface area contributed by atoms with Crippen molar-refractivity contribution in [3.63, 3.8) is 0 Å². The molecular weight excluding hydrogens is 604 g/mol. The SMILES string of the molecule is C=C(C=O)CO.C=C(CO)C(=O)OCC(CO)CCC1CCC(c2ccc(-c3ccc(CCCCC)c(F)c3F)c(F)c2F)CC1. The molecule has 254 valence electrons. The first kappa shape index (κ1) is 38.8. The number of aliphatic hydroxyl groups is 3. The molecule has 1 fully saturated rings. The molecule has 6 nitrogen and oxygen atoms in total. The van der Waals surface area contributed by atoms with E-state index < -0.39 is 35.8 Å². The van der Waals surface area contributed by atoms with Crippen molar-refractivity contribution < 1.29 is 47.2 Å². The second-order valence-corrected chi connectivity index (χ2v) is 11.8. The largest absolute Gasteiger partial charge is 0.462 e. The van der Waals surface area contributed by atoms with Gasteiger partial charge in [0.2, 0.25) is 0 Å². The Morgan fingerprint density at radius 1 is 0.913 bits per heavy atom. The van der Waals surface area contributed by atoms with E-state index in [0.29, 0.717) is 37.9 Å². The van der Waals surface area contributed by atoms with Gasteiger partial charge < -0.3 is 20.1 Å². The minimum absolute atomic E-state index is 0.0343. The first-order chi connectivity index (χ1) is 22.0. The molecule has 0 saturated heterocycles. The van der Waals surface area contributed by atoms with Gasteiger partial charge in [0.15, 0.2) is 23.3 Å². The summed E-state index contributed by atoms with van der Waals surface area (Å²) in [6, 6.07) is 5.60. The van der Waals surface area contributed by atoms with E-state index in [9.17, 15) is 23.5 Å². The molecule has 0 radical (unpaired) electrons. The normalized spacial score (nSPS) is 16.6. The number of carbonyl (C=O) groups is 2. The van der Waals surface area contributed by atoms with E-state index in [1.54, 1.807) is 0 Å². The molecule has 46 heavy (non-hydrogen) atoms. The highest BCUT2D eigenvalue weighted by Gasteiger charge is 2.28. The smallest absolute Gasteiger partial charge is 0.335 e. The van der Waals surface area contributed by atoms with E-state index in [-0.39, 0.29) is 65.1 Å². The van der Waals surface area contributed by atoms with Crippen LogP contribution in [0.1, 0.15) is 81.8 Å². The third-order valence-electron chi connectivity index (χ3n) is 8.44. The Hall–Kier alpha value is -3.34. The van der Waals surface area contributed by atoms with Gasteiger partial charge in [0.05, 0.1) is 25.4 Å². The fourth-order valence-corrected chi connectivity index (χ4v) is 5.50. The number of benzene rings is 2. The highest BCUT2D eigenvalue weighted by atomic mass is 19.2. The zero-order valence-electron chi connectivity index (χ0n) is 26.5. The fourth-order valence-electron chi connectivity index (χ4n) is 5.50. The number of ether oxygens (including phenoxy) is 1. The molecule has 0 heterocycles. The van der Waals surface area contributed by atoms with Crippen LogP contribution in [-0.2, 0) is 20.7 Å². The topological polar surface area (TPSA) is 104 Å². The van der Waals surface area contributed by atoms with Gasteiger partial charge in [-0.1, -0.05) is 57.2 Å². The van der Waals surface area contributed by atoms with Crippen LogP contribution in [0.2, 0.25) is 0 Å². The zero-order chi connectivity index (χ0) is 34.2. The number of halogens is 4. The summed E-state index contributed by atoms with van der Waals surface area (Å²) in [5.41, 5.74) is 0.0941. The van der Waals surface area contributed by atoms with Crippen LogP contribution in [0.25, 0.3) is 11.1 Å². The number of esters is 1. The predicted octanol–water partition coefficient (Wildman–Crippen LogP) is 7.13. The maximum absolute atomic E-state index is 15.2. The summed E-state index contributed by atoms with van der Waals surface area (Å²) in [7, 11) is 0. The van der Waals surface area contributed by atoms with Gasteiger partial charge in [-0.15, -0.1) is 0 Å². The van der Waals surface area contributed by atoms with Crippen molar-refractivity contribution in [2.75, 3.05) is 26.4 Å². The van der Waals surface area contributed by atoms with Crippen LogP contribution in [0, 0.1) is 35.1 Å². The molecular formula is C36H46F4O6. The molecule has 1 atom stereocenters. The van der Waals surface area contributed by atoms with E-state index in [0.717, 1.165) is 38.5 Å². The van der Waals surface area contributed by atoms with E-state index in [1.807, 2.05) is 6.92 Å². The standard InChI is InChI=1S/C32H40F4O4.C4H6O2/c1-3-4-5-6-24-13-14-26(30(35)28(24)33)27-16-15-25(29(34)31(27)36)23-11-9-21(10-12-23)7-8-22(18-38)19-40-32(39)20(2)17-37;1-4(2-5)3-6/h13-16,21-23,37-38H,2-12,17-19H2,1H3;2,6H,1,3H2. The lowest BCUT2D eigenvalue weighted by molar-refractivity contribution is -0.141. The first-order valence-corrected chi connectivity index (χ1v) is 15.8.